The van der Waals surface area contributed by atoms with Gasteiger partial charge in [0.2, 0.25) is 0 Å². The van der Waals surface area contributed by atoms with Gasteiger partial charge in [0, 0.05) is 33.8 Å². The molecule has 0 amide bonds. The minimum absolute atomic E-state index is 0.0395. The van der Waals surface area contributed by atoms with E-state index in [1.54, 1.807) is 29.7 Å². The van der Waals surface area contributed by atoms with E-state index in [0.29, 0.717) is 10.7 Å². The molecule has 2 aromatic heterocycles. The fourth-order valence-corrected chi connectivity index (χ4v) is 6.03. The average molecular weight is 476 g/mol. The Hall–Kier alpha value is -1.97. The van der Waals surface area contributed by atoms with Crippen LogP contribution in [0.4, 0.5) is 5.69 Å². The summed E-state index contributed by atoms with van der Waals surface area (Å²) < 4.78 is 29.3. The predicted octanol–water partition coefficient (Wildman–Crippen LogP) is 4.56. The number of pyridine rings is 1. The number of aromatic nitrogens is 1. The molecule has 5 rings (SSSR count). The van der Waals surface area contributed by atoms with Gasteiger partial charge in [0.15, 0.2) is 0 Å². The highest BCUT2D eigenvalue weighted by Gasteiger charge is 2.45. The molecule has 1 aromatic carbocycles. The zero-order valence-electron chi connectivity index (χ0n) is 16.6. The van der Waals surface area contributed by atoms with Crippen molar-refractivity contribution in [2.45, 2.75) is 37.1 Å². The van der Waals surface area contributed by atoms with Crippen LogP contribution in [0.3, 0.4) is 0 Å². The first kappa shape index (κ1) is 20.9. The van der Waals surface area contributed by atoms with Gasteiger partial charge < -0.3 is 5.11 Å². The van der Waals surface area contributed by atoms with E-state index in [9.17, 15) is 13.5 Å². The Kier molecular flexibility index (Phi) is 5.30. The second-order valence-electron chi connectivity index (χ2n) is 8.26. The molecule has 31 heavy (non-hydrogen) atoms. The van der Waals surface area contributed by atoms with Gasteiger partial charge in [0.05, 0.1) is 17.3 Å². The van der Waals surface area contributed by atoms with Crippen LogP contribution in [0.25, 0.3) is 21.6 Å². The van der Waals surface area contributed by atoms with E-state index in [0.717, 1.165) is 52.9 Å². The van der Waals surface area contributed by atoms with Gasteiger partial charge in [-0.3, -0.25) is 9.71 Å². The van der Waals surface area contributed by atoms with Crippen LogP contribution in [-0.4, -0.2) is 31.2 Å². The summed E-state index contributed by atoms with van der Waals surface area (Å²) >= 11 is 8.07. The molecule has 2 heterocycles. The summed E-state index contributed by atoms with van der Waals surface area (Å²) in [5.41, 5.74) is 4.16. The van der Waals surface area contributed by atoms with Crippen molar-refractivity contribution in [1.29, 1.82) is 0 Å². The summed E-state index contributed by atoms with van der Waals surface area (Å²) in [6, 6.07) is 11.3. The lowest BCUT2D eigenvalue weighted by Crippen LogP contribution is -2.31. The molecule has 0 atom stereocenters. The van der Waals surface area contributed by atoms with Crippen molar-refractivity contribution < 1.29 is 13.5 Å². The SMILES string of the molecule is O=S(=O)(Nc1ccc(-c2cc(-c3ccnc(C4(CO)CC4)c3)cs2)c(Cl)c1)NC1CC1. The molecule has 3 aromatic rings. The number of thiophene rings is 1. The molecule has 9 heteroatoms. The summed E-state index contributed by atoms with van der Waals surface area (Å²) in [6.07, 6.45) is 5.48. The lowest BCUT2D eigenvalue weighted by molar-refractivity contribution is 0.252. The molecule has 6 nitrogen and oxygen atoms in total. The quantitative estimate of drug-likeness (QED) is 0.445. The fraction of sp³-hybridized carbons (Fsp3) is 0.318. The largest absolute Gasteiger partial charge is 0.395 e. The molecule has 2 aliphatic carbocycles. The molecular weight excluding hydrogens is 454 g/mol. The van der Waals surface area contributed by atoms with E-state index in [-0.39, 0.29) is 18.1 Å². The van der Waals surface area contributed by atoms with Crippen LogP contribution in [0.15, 0.2) is 48.0 Å². The van der Waals surface area contributed by atoms with Gasteiger partial charge in [-0.1, -0.05) is 11.6 Å². The van der Waals surface area contributed by atoms with E-state index >= 15 is 0 Å². The molecule has 162 valence electrons. The summed E-state index contributed by atoms with van der Waals surface area (Å²) in [6.45, 7) is 0.125. The van der Waals surface area contributed by atoms with Crippen molar-refractivity contribution in [3.05, 3.63) is 58.7 Å². The van der Waals surface area contributed by atoms with E-state index in [1.165, 1.54) is 0 Å². The highest BCUT2D eigenvalue weighted by atomic mass is 35.5. The standard InChI is InChI=1S/C22H22ClN3O3S2/c23-19-11-17(26-31(28,29)25-16-1-2-16)3-4-18(19)20-9-15(12-30-20)14-5-8-24-21(10-14)22(13-27)6-7-22/h3-5,8-12,16,25-27H,1-2,6-7,13H2. The molecular formula is C22H22ClN3O3S2. The minimum Gasteiger partial charge on any atom is -0.395 e. The number of nitrogens with one attached hydrogen (secondary N) is 2. The molecule has 0 aliphatic heterocycles. The first-order valence-corrected chi connectivity index (χ1v) is 12.9. The maximum Gasteiger partial charge on any atom is 0.299 e. The zero-order valence-corrected chi connectivity index (χ0v) is 19.0. The Morgan fingerprint density at radius 3 is 2.65 bits per heavy atom. The smallest absolute Gasteiger partial charge is 0.299 e. The van der Waals surface area contributed by atoms with E-state index in [4.69, 9.17) is 11.6 Å². The number of benzene rings is 1. The topological polar surface area (TPSA) is 91.3 Å². The van der Waals surface area contributed by atoms with Crippen molar-refractivity contribution in [2.75, 3.05) is 11.3 Å². The predicted molar refractivity (Wildman–Crippen MR) is 125 cm³/mol. The molecule has 0 bridgehead atoms. The van der Waals surface area contributed by atoms with Crippen LogP contribution in [0, 0.1) is 0 Å². The fourth-order valence-electron chi connectivity index (χ4n) is 3.56. The molecule has 2 saturated carbocycles. The number of aliphatic hydroxyl groups is 1. The van der Waals surface area contributed by atoms with E-state index in [2.05, 4.69) is 31.9 Å². The zero-order chi connectivity index (χ0) is 21.6. The molecule has 0 spiro atoms. The summed E-state index contributed by atoms with van der Waals surface area (Å²) in [5.74, 6) is 0. The van der Waals surface area contributed by atoms with Crippen molar-refractivity contribution in [1.82, 2.24) is 9.71 Å². The molecule has 0 unspecified atom stereocenters. The molecule has 2 fully saturated rings. The Balaban J connectivity index is 1.37. The van der Waals surface area contributed by atoms with Crippen LogP contribution in [0.5, 0.6) is 0 Å². The number of rotatable bonds is 8. The number of anilines is 1. The van der Waals surface area contributed by atoms with Crippen LogP contribution < -0.4 is 9.44 Å². The van der Waals surface area contributed by atoms with Crippen LogP contribution in [-0.2, 0) is 15.6 Å². The monoisotopic (exact) mass is 475 g/mol. The molecule has 3 N–H and O–H groups in total. The number of nitrogens with zero attached hydrogens (tertiary/aromatic N) is 1. The van der Waals surface area contributed by atoms with Crippen molar-refractivity contribution >= 4 is 38.8 Å². The second kappa shape index (κ2) is 7.86. The second-order valence-corrected chi connectivity index (χ2v) is 11.0. The normalized spacial score (nSPS) is 17.5. The van der Waals surface area contributed by atoms with Crippen molar-refractivity contribution in [3.8, 4) is 21.6 Å². The van der Waals surface area contributed by atoms with E-state index < -0.39 is 10.2 Å². The lowest BCUT2D eigenvalue weighted by atomic mass is 9.99. The summed E-state index contributed by atoms with van der Waals surface area (Å²) in [5, 5.41) is 12.2. The molecule has 0 radical (unpaired) electrons. The first-order chi connectivity index (χ1) is 14.9. The molecule has 2 aliphatic rings. The number of hydrogen-bond acceptors (Lipinski definition) is 5. The van der Waals surface area contributed by atoms with Crippen molar-refractivity contribution in [2.24, 2.45) is 0 Å². The van der Waals surface area contributed by atoms with Gasteiger partial charge in [-0.15, -0.1) is 11.3 Å². The Bertz CT molecular complexity index is 1230. The number of halogens is 1. The van der Waals surface area contributed by atoms with Gasteiger partial charge in [0.1, 0.15) is 0 Å². The highest BCUT2D eigenvalue weighted by Crippen LogP contribution is 2.47. The van der Waals surface area contributed by atoms with Crippen LogP contribution in [0.1, 0.15) is 31.4 Å². The number of hydrogen-bond donors (Lipinski definition) is 3. The van der Waals surface area contributed by atoms with E-state index in [1.807, 2.05) is 12.1 Å². The van der Waals surface area contributed by atoms with Gasteiger partial charge in [0.25, 0.3) is 10.2 Å². The first-order valence-electron chi connectivity index (χ1n) is 10.1. The highest BCUT2D eigenvalue weighted by molar-refractivity contribution is 7.90. The third-order valence-electron chi connectivity index (χ3n) is 5.78. The number of aliphatic hydroxyl groups excluding tert-OH is 1. The Morgan fingerprint density at radius 1 is 1.16 bits per heavy atom. The van der Waals surface area contributed by atoms with Crippen molar-refractivity contribution in [3.63, 3.8) is 0 Å². The summed E-state index contributed by atoms with van der Waals surface area (Å²) in [7, 11) is -3.59. The van der Waals surface area contributed by atoms with Gasteiger partial charge in [-0.05, 0) is 78.6 Å². The Morgan fingerprint density at radius 2 is 1.97 bits per heavy atom. The van der Waals surface area contributed by atoms with Gasteiger partial charge in [-0.25, -0.2) is 0 Å². The lowest BCUT2D eigenvalue weighted by Gasteiger charge is -2.11. The summed E-state index contributed by atoms with van der Waals surface area (Å²) in [4.78, 5) is 5.46. The average Bonchev–Trinajstić information content (AvgIpc) is 3.66. The van der Waals surface area contributed by atoms with Crippen LogP contribution in [0.2, 0.25) is 5.02 Å². The third-order valence-corrected chi connectivity index (χ3v) is 8.20. The maximum absolute atomic E-state index is 12.1. The van der Waals surface area contributed by atoms with Gasteiger partial charge in [-0.2, -0.15) is 13.1 Å². The minimum atomic E-state index is -3.59. The maximum atomic E-state index is 12.1. The van der Waals surface area contributed by atoms with Gasteiger partial charge >= 0.3 is 0 Å². The van der Waals surface area contributed by atoms with Crippen LogP contribution >= 0.6 is 22.9 Å². The Labute approximate surface area is 190 Å². The molecule has 0 saturated heterocycles. The third kappa shape index (κ3) is 4.49.